The zero-order valence-corrected chi connectivity index (χ0v) is 40.9. The number of unbranched alkanes of at least 4 members (excludes halogenated alkanes) is 1. The number of carbonyl (C=O) groups is 9. The second-order valence-corrected chi connectivity index (χ2v) is 17.4. The maximum absolute atomic E-state index is 14.2. The molecule has 0 aliphatic carbocycles. The number of phenols is 1. The summed E-state index contributed by atoms with van der Waals surface area (Å²) in [6, 6.07) is -4.66. The first kappa shape index (κ1) is 61.7. The predicted octanol–water partition coefficient (Wildman–Crippen LogP) is -4.67. The Morgan fingerprint density at radius 3 is 1.45 bits per heavy atom. The summed E-state index contributed by atoms with van der Waals surface area (Å²) < 4.78 is 0. The molecule has 0 saturated carbocycles. The van der Waals surface area contributed by atoms with Crippen LogP contribution in [0.3, 0.4) is 0 Å². The summed E-state index contributed by atoms with van der Waals surface area (Å²) in [7, 11) is 0. The first-order valence-corrected chi connectivity index (χ1v) is 23.3. The molecular weight excluding hydrogens is 929 g/mol. The highest BCUT2D eigenvalue weighted by molar-refractivity contribution is 5.97. The van der Waals surface area contributed by atoms with Crippen LogP contribution in [0.2, 0.25) is 0 Å². The van der Waals surface area contributed by atoms with E-state index in [4.69, 9.17) is 40.1 Å². The number of nitrogens with one attached hydrogen (secondary N) is 7. The van der Waals surface area contributed by atoms with Gasteiger partial charge in [0.05, 0.1) is 6.04 Å². The molecule has 0 bridgehead atoms. The molecule has 1 aromatic rings. The van der Waals surface area contributed by atoms with Gasteiger partial charge in [-0.1, -0.05) is 32.4 Å². The molecule has 398 valence electrons. The van der Waals surface area contributed by atoms with E-state index < -0.39 is 102 Å². The van der Waals surface area contributed by atoms with Crippen LogP contribution in [0.5, 0.6) is 5.75 Å². The van der Waals surface area contributed by atoms with Gasteiger partial charge in [0, 0.05) is 25.9 Å². The minimum Gasteiger partial charge on any atom is -0.508 e. The molecule has 27 nitrogen and oxygen atoms in total. The molecule has 0 aliphatic rings. The van der Waals surface area contributed by atoms with E-state index in [-0.39, 0.29) is 88.0 Å². The average Bonchev–Trinajstić information content (AvgIpc) is 3.28. The molecule has 23 N–H and O–H groups in total. The monoisotopic (exact) mass is 1000 g/mol. The lowest BCUT2D eigenvalue weighted by molar-refractivity contribution is -0.142. The largest absolute Gasteiger partial charge is 0.508 e. The Kier molecular flexibility index (Phi) is 28.3. The van der Waals surface area contributed by atoms with Crippen LogP contribution in [-0.4, -0.2) is 143 Å². The quantitative estimate of drug-likeness (QED) is 0.0175. The SMILES string of the molecule is CC(C)C[C@H](NC(=O)[C@H](Cc1ccc(O)cc1)NC(=O)[C@H](C)NC(=O)[C@H](CCCN=C(N)N)NC(=O)[C@@H](N)CCCCN)C(=O)N[C@@H](CCC(N)=O)C(=O)N[C@@H](C)C(=O)N[C@@H](CCCN=C(N)N)C(=O)O. The molecule has 27 heteroatoms. The second-order valence-electron chi connectivity index (χ2n) is 17.4. The number of nitrogens with two attached hydrogens (primary N) is 7. The van der Waals surface area contributed by atoms with Crippen LogP contribution in [0.15, 0.2) is 34.3 Å². The summed E-state index contributed by atoms with van der Waals surface area (Å²) in [5, 5.41) is 37.2. The Bertz CT molecular complexity index is 1990. The van der Waals surface area contributed by atoms with Crippen LogP contribution in [0.4, 0.5) is 0 Å². The van der Waals surface area contributed by atoms with Gasteiger partial charge >= 0.3 is 5.97 Å². The highest BCUT2D eigenvalue weighted by Gasteiger charge is 2.33. The molecule has 0 radical (unpaired) electrons. The zero-order chi connectivity index (χ0) is 53.8. The summed E-state index contributed by atoms with van der Waals surface area (Å²) in [5.74, 6) is -8.63. The van der Waals surface area contributed by atoms with Crippen molar-refractivity contribution in [1.29, 1.82) is 0 Å². The Morgan fingerprint density at radius 1 is 0.535 bits per heavy atom. The van der Waals surface area contributed by atoms with Gasteiger partial charge < -0.3 is 87.6 Å². The molecule has 0 unspecified atom stereocenters. The Hall–Kier alpha value is -7.29. The van der Waals surface area contributed by atoms with Crippen molar-refractivity contribution in [2.75, 3.05) is 19.6 Å². The van der Waals surface area contributed by atoms with E-state index in [2.05, 4.69) is 47.2 Å². The molecule has 0 heterocycles. The number of aliphatic carboxylic acids is 1. The fourth-order valence-electron chi connectivity index (χ4n) is 6.68. The molecule has 0 spiro atoms. The summed E-state index contributed by atoms with van der Waals surface area (Å²) in [4.78, 5) is 127. The predicted molar refractivity (Wildman–Crippen MR) is 263 cm³/mol. The van der Waals surface area contributed by atoms with Crippen LogP contribution in [0.1, 0.15) is 97.5 Å². The van der Waals surface area contributed by atoms with E-state index in [1.807, 2.05) is 0 Å². The lowest BCUT2D eigenvalue weighted by atomic mass is 10.00. The smallest absolute Gasteiger partial charge is 0.326 e. The number of phenolic OH excluding ortho intramolecular Hbond substituents is 1. The van der Waals surface area contributed by atoms with E-state index in [0.29, 0.717) is 31.4 Å². The first-order valence-electron chi connectivity index (χ1n) is 23.3. The summed E-state index contributed by atoms with van der Waals surface area (Å²) in [5.41, 5.74) is 38.9. The molecule has 0 aromatic heterocycles. The number of benzene rings is 1. The molecular formula is C44H76N16O11. The minimum absolute atomic E-state index is 0.000390. The van der Waals surface area contributed by atoms with E-state index in [1.54, 1.807) is 13.8 Å². The number of aromatic hydroxyl groups is 1. The number of primary amides is 1. The van der Waals surface area contributed by atoms with E-state index in [1.165, 1.54) is 38.1 Å². The average molecular weight is 1010 g/mol. The zero-order valence-electron chi connectivity index (χ0n) is 40.9. The Labute approximate surface area is 412 Å². The standard InChI is InChI=1S/C44H76N16O11/c1-23(2)21-32(40(68)57-30(16-17-34(47)62)39(67)55-24(3)35(63)58-31(42(70)71)11-8-20-53-44(50)51)60-41(69)33(22-26-12-14-27(61)15-13-26)59-36(64)25(4)54-38(66)29(10-7-19-52-43(48)49)56-37(65)28(46)9-5-6-18-45/h12-15,23-25,28-33,61H,5-11,16-22,45-46H2,1-4H3,(H2,47,62)(H,54,66)(H,55,67)(H,56,65)(H,57,68)(H,58,63)(H,59,64)(H,60,69)(H,70,71)(H4,48,49,52)(H4,50,51,53)/t24-,25-,28-,29-,30-,31-,32-,33-/m0/s1. The lowest BCUT2D eigenvalue weighted by Gasteiger charge is -2.27. The van der Waals surface area contributed by atoms with Crippen molar-refractivity contribution in [1.82, 2.24) is 37.2 Å². The third-order valence-electron chi connectivity index (χ3n) is 10.6. The number of guanidine groups is 2. The maximum atomic E-state index is 14.2. The Balaban J connectivity index is 3.37. The van der Waals surface area contributed by atoms with Gasteiger partial charge in [-0.25, -0.2) is 4.79 Å². The van der Waals surface area contributed by atoms with Crippen LogP contribution < -0.4 is 77.4 Å². The van der Waals surface area contributed by atoms with Gasteiger partial charge in [-0.15, -0.1) is 0 Å². The minimum atomic E-state index is -1.49. The van der Waals surface area contributed by atoms with Gasteiger partial charge in [0.15, 0.2) is 11.9 Å². The van der Waals surface area contributed by atoms with Crippen LogP contribution in [0.25, 0.3) is 0 Å². The number of rotatable bonds is 34. The number of carboxylic acid groups (broad SMARTS) is 1. The van der Waals surface area contributed by atoms with Gasteiger partial charge in [0.25, 0.3) is 0 Å². The molecule has 1 aromatic carbocycles. The number of hydrogen-bond acceptors (Lipinski definition) is 14. The van der Waals surface area contributed by atoms with Crippen molar-refractivity contribution in [2.24, 2.45) is 56.0 Å². The van der Waals surface area contributed by atoms with Crippen molar-refractivity contribution in [2.45, 2.75) is 147 Å². The van der Waals surface area contributed by atoms with E-state index >= 15 is 0 Å². The number of carboxylic acids is 1. The maximum Gasteiger partial charge on any atom is 0.326 e. The normalized spacial score (nSPS) is 14.3. The number of aliphatic imine (C=N–C) groups is 2. The van der Waals surface area contributed by atoms with Crippen LogP contribution in [0, 0.1) is 5.92 Å². The third-order valence-corrected chi connectivity index (χ3v) is 10.6. The lowest BCUT2D eigenvalue weighted by Crippen LogP contribution is -2.60. The van der Waals surface area contributed by atoms with Crippen molar-refractivity contribution < 1.29 is 53.4 Å². The van der Waals surface area contributed by atoms with Crippen LogP contribution >= 0.6 is 0 Å². The van der Waals surface area contributed by atoms with Gasteiger partial charge in [-0.05, 0) is 95.4 Å². The topological polar surface area (TPSA) is 485 Å². The van der Waals surface area contributed by atoms with Crippen molar-refractivity contribution in [3.8, 4) is 5.75 Å². The summed E-state index contributed by atoms with van der Waals surface area (Å²) in [6.45, 7) is 6.76. The summed E-state index contributed by atoms with van der Waals surface area (Å²) in [6.07, 6.45) is 1.08. The fraction of sp³-hybridized carbons (Fsp3) is 0.614. The number of carbonyl (C=O) groups excluding carboxylic acids is 8. The first-order chi connectivity index (χ1) is 33.3. The van der Waals surface area contributed by atoms with Crippen molar-refractivity contribution >= 4 is 65.1 Å². The van der Waals surface area contributed by atoms with Crippen LogP contribution in [-0.2, 0) is 49.6 Å². The third kappa shape index (κ3) is 25.8. The van der Waals surface area contributed by atoms with Gasteiger partial charge in [0.2, 0.25) is 47.3 Å². The molecule has 0 aliphatic heterocycles. The van der Waals surface area contributed by atoms with Crippen molar-refractivity contribution in [3.63, 3.8) is 0 Å². The molecule has 1 rings (SSSR count). The van der Waals surface area contributed by atoms with E-state index in [0.717, 1.165) is 0 Å². The van der Waals surface area contributed by atoms with E-state index in [9.17, 15) is 53.4 Å². The molecule has 8 amide bonds. The number of nitrogens with zero attached hydrogens (tertiary/aromatic N) is 2. The number of hydrogen-bond donors (Lipinski definition) is 16. The molecule has 0 fully saturated rings. The molecule has 71 heavy (non-hydrogen) atoms. The summed E-state index contributed by atoms with van der Waals surface area (Å²) >= 11 is 0. The fourth-order valence-corrected chi connectivity index (χ4v) is 6.68. The highest BCUT2D eigenvalue weighted by atomic mass is 16.4. The molecule has 8 atom stereocenters. The van der Waals surface area contributed by atoms with Gasteiger partial charge in [-0.3, -0.25) is 48.3 Å². The number of amides is 8. The van der Waals surface area contributed by atoms with Gasteiger partial charge in [-0.2, -0.15) is 0 Å². The van der Waals surface area contributed by atoms with Crippen molar-refractivity contribution in [3.05, 3.63) is 29.8 Å². The van der Waals surface area contributed by atoms with Gasteiger partial charge in [0.1, 0.15) is 48.0 Å². The molecule has 0 saturated heterocycles. The highest BCUT2D eigenvalue weighted by Crippen LogP contribution is 2.14. The Morgan fingerprint density at radius 2 is 0.972 bits per heavy atom. The second kappa shape index (κ2) is 32.5.